The van der Waals surface area contributed by atoms with E-state index in [0.29, 0.717) is 19.6 Å². The molecule has 1 aliphatic carbocycles. The Bertz CT molecular complexity index is 895. The smallest absolute Gasteiger partial charge is 0.308 e. The van der Waals surface area contributed by atoms with Crippen molar-refractivity contribution in [1.29, 1.82) is 0 Å². The third kappa shape index (κ3) is 3.01. The van der Waals surface area contributed by atoms with Gasteiger partial charge in [0.1, 0.15) is 0 Å². The first-order valence-corrected chi connectivity index (χ1v) is 8.90. The average Bonchev–Trinajstić information content (AvgIpc) is 2.93. The molecule has 4 rings (SSSR count). The second-order valence-corrected chi connectivity index (χ2v) is 7.01. The Hall–Kier alpha value is -2.70. The lowest BCUT2D eigenvalue weighted by Crippen LogP contribution is -2.45. The Balaban J connectivity index is 1.77. The molecule has 1 spiro atoms. The van der Waals surface area contributed by atoms with Gasteiger partial charge >= 0.3 is 11.9 Å². The van der Waals surface area contributed by atoms with Gasteiger partial charge in [0, 0.05) is 6.42 Å². The van der Waals surface area contributed by atoms with Gasteiger partial charge in [-0.2, -0.15) is 0 Å². The highest BCUT2D eigenvalue weighted by molar-refractivity contribution is 5.83. The van der Waals surface area contributed by atoms with Crippen LogP contribution >= 0.6 is 0 Å². The molecule has 0 aromatic heterocycles. The first-order valence-electron chi connectivity index (χ1n) is 8.90. The summed E-state index contributed by atoms with van der Waals surface area (Å²) in [5.74, 6) is -1.81. The van der Waals surface area contributed by atoms with Gasteiger partial charge in [-0.05, 0) is 34.2 Å². The number of hydrogen-bond donors (Lipinski definition) is 2. The number of aliphatic carboxylic acids is 2. The molecule has 0 unspecified atom stereocenters. The number of hydrogen-bond acceptors (Lipinski definition) is 4. The van der Waals surface area contributed by atoms with Crippen LogP contribution in [0.3, 0.4) is 0 Å². The molecule has 2 N–H and O–H groups in total. The van der Waals surface area contributed by atoms with Crippen LogP contribution in [0.25, 0.3) is 11.1 Å². The van der Waals surface area contributed by atoms with Crippen LogP contribution in [0.1, 0.15) is 29.5 Å². The minimum absolute atomic E-state index is 0.0478. The Morgan fingerprint density at radius 2 is 1.67 bits per heavy atom. The van der Waals surface area contributed by atoms with Crippen molar-refractivity contribution >= 4 is 11.9 Å². The second kappa shape index (κ2) is 6.79. The van der Waals surface area contributed by atoms with Gasteiger partial charge in [-0.15, -0.1) is 0 Å². The summed E-state index contributed by atoms with van der Waals surface area (Å²) in [5, 5.41) is 18.1. The molecule has 1 fully saturated rings. The van der Waals surface area contributed by atoms with Crippen molar-refractivity contribution in [2.75, 3.05) is 13.2 Å². The number of rotatable bonds is 5. The molecule has 1 heterocycles. The van der Waals surface area contributed by atoms with Crippen molar-refractivity contribution in [2.45, 2.75) is 31.0 Å². The van der Waals surface area contributed by atoms with Gasteiger partial charge in [-0.25, -0.2) is 0 Å². The van der Waals surface area contributed by atoms with Gasteiger partial charge in [0.05, 0.1) is 25.0 Å². The SMILES string of the molecule is O=C(O)CCc1cccc2c1C1(COC(CC(=O)O)OC1)c1ccccc1-2. The molecule has 1 saturated heterocycles. The van der Waals surface area contributed by atoms with Gasteiger partial charge < -0.3 is 19.7 Å². The van der Waals surface area contributed by atoms with Gasteiger partial charge in [0.15, 0.2) is 6.29 Å². The minimum Gasteiger partial charge on any atom is -0.481 e. The fourth-order valence-electron chi connectivity index (χ4n) is 4.23. The summed E-state index contributed by atoms with van der Waals surface area (Å²) < 4.78 is 11.6. The molecule has 2 aromatic rings. The zero-order valence-corrected chi connectivity index (χ0v) is 14.7. The molecular weight excluding hydrogens is 348 g/mol. The quantitative estimate of drug-likeness (QED) is 0.843. The van der Waals surface area contributed by atoms with Crippen molar-refractivity contribution in [2.24, 2.45) is 0 Å². The summed E-state index contributed by atoms with van der Waals surface area (Å²) in [5.41, 5.74) is 4.70. The highest BCUT2D eigenvalue weighted by Gasteiger charge is 2.48. The normalized spacial score (nSPS) is 23.0. The van der Waals surface area contributed by atoms with E-state index in [0.717, 1.165) is 27.8 Å². The fourth-order valence-corrected chi connectivity index (χ4v) is 4.23. The van der Waals surface area contributed by atoms with Crippen LogP contribution in [0.5, 0.6) is 0 Å². The first kappa shape index (κ1) is 17.7. The number of benzene rings is 2. The van der Waals surface area contributed by atoms with E-state index in [1.807, 2.05) is 42.5 Å². The predicted octanol–water partition coefficient (Wildman–Crippen LogP) is 2.82. The van der Waals surface area contributed by atoms with Gasteiger partial charge in [-0.3, -0.25) is 9.59 Å². The summed E-state index contributed by atoms with van der Waals surface area (Å²) >= 11 is 0. The standard InChI is InChI=1S/C21H20O6/c22-17(23)9-8-13-4-3-6-15-14-5-1-2-7-16(14)21(20(13)15)11-26-19(27-12-21)10-18(24)25/h1-7,19H,8-12H2,(H,22,23)(H,24,25). The maximum absolute atomic E-state index is 11.1. The third-order valence-corrected chi connectivity index (χ3v) is 5.34. The van der Waals surface area contributed by atoms with E-state index in [1.165, 1.54) is 0 Å². The highest BCUT2D eigenvalue weighted by Crippen LogP contribution is 2.52. The monoisotopic (exact) mass is 368 g/mol. The van der Waals surface area contributed by atoms with Gasteiger partial charge in [0.25, 0.3) is 0 Å². The summed E-state index contributed by atoms with van der Waals surface area (Å²) in [6.07, 6.45) is -0.500. The van der Waals surface area contributed by atoms with Gasteiger partial charge in [-0.1, -0.05) is 42.5 Å². The molecule has 0 saturated carbocycles. The zero-order chi connectivity index (χ0) is 19.0. The van der Waals surface area contributed by atoms with E-state index in [1.54, 1.807) is 0 Å². The Labute approximate surface area is 156 Å². The predicted molar refractivity (Wildman–Crippen MR) is 96.6 cm³/mol. The van der Waals surface area contributed by atoms with E-state index in [9.17, 15) is 9.59 Å². The molecule has 6 nitrogen and oxygen atoms in total. The van der Waals surface area contributed by atoms with Gasteiger partial charge in [0.2, 0.25) is 0 Å². The molecule has 27 heavy (non-hydrogen) atoms. The van der Waals surface area contributed by atoms with E-state index in [-0.39, 0.29) is 12.8 Å². The lowest BCUT2D eigenvalue weighted by molar-refractivity contribution is -0.208. The van der Waals surface area contributed by atoms with Crippen molar-refractivity contribution < 1.29 is 29.3 Å². The Morgan fingerprint density at radius 1 is 0.963 bits per heavy atom. The summed E-state index contributed by atoms with van der Waals surface area (Å²) in [6.45, 7) is 0.609. The van der Waals surface area contributed by atoms with E-state index in [2.05, 4.69) is 0 Å². The van der Waals surface area contributed by atoms with Crippen molar-refractivity contribution in [3.05, 3.63) is 59.2 Å². The van der Waals surface area contributed by atoms with Crippen molar-refractivity contribution in [3.63, 3.8) is 0 Å². The molecule has 0 amide bonds. The molecule has 2 aromatic carbocycles. The van der Waals surface area contributed by atoms with Crippen molar-refractivity contribution in [3.8, 4) is 11.1 Å². The Morgan fingerprint density at radius 3 is 2.37 bits per heavy atom. The second-order valence-electron chi connectivity index (χ2n) is 7.01. The molecule has 0 atom stereocenters. The Kier molecular flexibility index (Phi) is 4.45. The summed E-state index contributed by atoms with van der Waals surface area (Å²) in [7, 11) is 0. The van der Waals surface area contributed by atoms with Crippen LogP contribution < -0.4 is 0 Å². The lowest BCUT2D eigenvalue weighted by atomic mass is 9.76. The number of fused-ring (bicyclic) bond motifs is 5. The highest BCUT2D eigenvalue weighted by atomic mass is 16.7. The number of carboxylic acids is 2. The maximum Gasteiger partial charge on any atom is 0.308 e. The summed E-state index contributed by atoms with van der Waals surface area (Å²) in [6, 6.07) is 14.0. The largest absolute Gasteiger partial charge is 0.481 e. The van der Waals surface area contributed by atoms with Crippen LogP contribution in [0, 0.1) is 0 Å². The van der Waals surface area contributed by atoms with E-state index < -0.39 is 23.6 Å². The van der Waals surface area contributed by atoms with Crippen LogP contribution in [-0.2, 0) is 30.9 Å². The van der Waals surface area contributed by atoms with Crippen molar-refractivity contribution in [1.82, 2.24) is 0 Å². The molecule has 6 heteroatoms. The third-order valence-electron chi connectivity index (χ3n) is 5.34. The van der Waals surface area contributed by atoms with E-state index >= 15 is 0 Å². The van der Waals surface area contributed by atoms with Crippen LogP contribution in [0.4, 0.5) is 0 Å². The number of carboxylic acid groups (broad SMARTS) is 2. The average molecular weight is 368 g/mol. The maximum atomic E-state index is 11.1. The zero-order valence-electron chi connectivity index (χ0n) is 14.7. The molecule has 1 aliphatic heterocycles. The topological polar surface area (TPSA) is 93.1 Å². The molecule has 0 radical (unpaired) electrons. The summed E-state index contributed by atoms with van der Waals surface area (Å²) in [4.78, 5) is 22.1. The number of carbonyl (C=O) groups is 2. The molecule has 140 valence electrons. The van der Waals surface area contributed by atoms with Crippen LogP contribution in [0.15, 0.2) is 42.5 Å². The van der Waals surface area contributed by atoms with Crippen LogP contribution in [0.2, 0.25) is 0 Å². The number of aryl methyl sites for hydroxylation is 1. The molecule has 2 aliphatic rings. The number of ether oxygens (including phenoxy) is 2. The minimum atomic E-state index is -0.967. The first-order chi connectivity index (χ1) is 13.0. The fraction of sp³-hybridized carbons (Fsp3) is 0.333. The van der Waals surface area contributed by atoms with Crippen LogP contribution in [-0.4, -0.2) is 41.7 Å². The molecular formula is C21H20O6. The molecule has 0 bridgehead atoms. The lowest BCUT2D eigenvalue weighted by Gasteiger charge is -2.39. The van der Waals surface area contributed by atoms with E-state index in [4.69, 9.17) is 19.7 Å².